The van der Waals surface area contributed by atoms with Crippen LogP contribution in [0.2, 0.25) is 0 Å². The molecule has 0 bridgehead atoms. The van der Waals surface area contributed by atoms with Gasteiger partial charge < -0.3 is 15.0 Å². The largest absolute Gasteiger partial charge is 0.372 e. The van der Waals surface area contributed by atoms with Gasteiger partial charge in [0, 0.05) is 51.9 Å². The van der Waals surface area contributed by atoms with E-state index in [-0.39, 0.29) is 12.5 Å². The van der Waals surface area contributed by atoms with Gasteiger partial charge in [0.1, 0.15) is 6.61 Å². The van der Waals surface area contributed by atoms with Gasteiger partial charge in [-0.15, -0.1) is 0 Å². The topological polar surface area (TPSA) is 44.8 Å². The summed E-state index contributed by atoms with van der Waals surface area (Å²) in [5, 5.41) is 3.34. The van der Waals surface area contributed by atoms with Crippen LogP contribution in [-0.4, -0.2) is 74.2 Å². The van der Waals surface area contributed by atoms with Crippen LogP contribution in [0.5, 0.6) is 0 Å². The molecule has 16 heavy (non-hydrogen) atoms. The van der Waals surface area contributed by atoms with Crippen molar-refractivity contribution in [2.75, 3.05) is 52.5 Å². The fourth-order valence-electron chi connectivity index (χ4n) is 2.22. The number of carbonyl (C=O) groups excluding carboxylic acids is 1. The third-order valence-electron chi connectivity index (χ3n) is 3.31. The number of carbonyl (C=O) groups is 1. The molecule has 2 aliphatic rings. The minimum absolute atomic E-state index is 0.133. The summed E-state index contributed by atoms with van der Waals surface area (Å²) in [6.45, 7) is 8.89. The van der Waals surface area contributed by atoms with Gasteiger partial charge in [-0.3, -0.25) is 9.69 Å². The zero-order valence-corrected chi connectivity index (χ0v) is 9.95. The molecule has 0 aromatic carbocycles. The van der Waals surface area contributed by atoms with Crippen LogP contribution >= 0.6 is 0 Å². The Bertz CT molecular complexity index is 235. The molecule has 2 saturated heterocycles. The molecule has 0 atom stereocenters. The molecular weight excluding hydrogens is 206 g/mol. The Morgan fingerprint density at radius 3 is 2.69 bits per heavy atom. The van der Waals surface area contributed by atoms with Gasteiger partial charge in [0.05, 0.1) is 0 Å². The normalized spacial score (nSPS) is 23.2. The monoisotopic (exact) mass is 227 g/mol. The van der Waals surface area contributed by atoms with E-state index in [1.54, 1.807) is 0 Å². The molecule has 0 aliphatic carbocycles. The summed E-state index contributed by atoms with van der Waals surface area (Å²) in [4.78, 5) is 15.9. The summed E-state index contributed by atoms with van der Waals surface area (Å²) in [6.07, 6.45) is 0. The average Bonchev–Trinajstić information content (AvgIpc) is 2.26. The third-order valence-corrected chi connectivity index (χ3v) is 3.31. The maximum Gasteiger partial charge on any atom is 0.248 e. The lowest BCUT2D eigenvalue weighted by atomic mass is 10.1. The van der Waals surface area contributed by atoms with Crippen LogP contribution in [0.1, 0.15) is 6.92 Å². The van der Waals surface area contributed by atoms with Gasteiger partial charge in [-0.25, -0.2) is 0 Å². The highest BCUT2D eigenvalue weighted by Gasteiger charge is 2.34. The van der Waals surface area contributed by atoms with E-state index in [9.17, 15) is 4.79 Å². The molecule has 0 aromatic heterocycles. The van der Waals surface area contributed by atoms with Crippen LogP contribution in [0, 0.1) is 0 Å². The number of piperazine rings is 1. The van der Waals surface area contributed by atoms with Crippen molar-refractivity contribution >= 4 is 5.91 Å². The van der Waals surface area contributed by atoms with Gasteiger partial charge in [-0.2, -0.15) is 0 Å². The average molecular weight is 227 g/mol. The van der Waals surface area contributed by atoms with E-state index in [1.165, 1.54) is 0 Å². The van der Waals surface area contributed by atoms with Gasteiger partial charge in [0.2, 0.25) is 5.91 Å². The molecule has 1 N–H and O–H groups in total. The number of nitrogens with zero attached hydrogens (tertiary/aromatic N) is 2. The first-order chi connectivity index (χ1) is 7.81. The Hall–Kier alpha value is -0.650. The van der Waals surface area contributed by atoms with E-state index in [4.69, 9.17) is 4.74 Å². The molecular formula is C11H21N3O2. The maximum atomic E-state index is 11.6. The van der Waals surface area contributed by atoms with E-state index in [2.05, 4.69) is 10.2 Å². The van der Waals surface area contributed by atoms with Crippen molar-refractivity contribution < 1.29 is 9.53 Å². The first-order valence-electron chi connectivity index (χ1n) is 6.11. The summed E-state index contributed by atoms with van der Waals surface area (Å²) in [6, 6.07) is 0.577. The Kier molecular flexibility index (Phi) is 4.15. The third kappa shape index (κ3) is 2.72. The van der Waals surface area contributed by atoms with Crippen LogP contribution in [0.15, 0.2) is 0 Å². The predicted molar refractivity (Wildman–Crippen MR) is 61.3 cm³/mol. The molecule has 0 saturated carbocycles. The van der Waals surface area contributed by atoms with Gasteiger partial charge in [0.25, 0.3) is 0 Å². The van der Waals surface area contributed by atoms with E-state index < -0.39 is 0 Å². The highest BCUT2D eigenvalue weighted by molar-refractivity contribution is 5.78. The van der Waals surface area contributed by atoms with E-state index in [0.717, 1.165) is 39.3 Å². The minimum atomic E-state index is 0.133. The van der Waals surface area contributed by atoms with Crippen molar-refractivity contribution in [3.8, 4) is 0 Å². The van der Waals surface area contributed by atoms with Crippen molar-refractivity contribution in [3.63, 3.8) is 0 Å². The van der Waals surface area contributed by atoms with Crippen molar-refractivity contribution in [1.82, 2.24) is 15.1 Å². The van der Waals surface area contributed by atoms with E-state index in [1.807, 2.05) is 11.8 Å². The summed E-state index contributed by atoms with van der Waals surface area (Å²) in [5.41, 5.74) is 0. The highest BCUT2D eigenvalue weighted by Crippen LogP contribution is 2.15. The predicted octanol–water partition coefficient (Wildman–Crippen LogP) is -0.861. The second-order valence-electron chi connectivity index (χ2n) is 4.38. The molecule has 2 fully saturated rings. The summed E-state index contributed by atoms with van der Waals surface area (Å²) in [7, 11) is 0. The zero-order chi connectivity index (χ0) is 11.4. The lowest BCUT2D eigenvalue weighted by Crippen LogP contribution is -2.64. The molecule has 0 spiro atoms. The Balaban J connectivity index is 1.66. The van der Waals surface area contributed by atoms with Crippen LogP contribution in [0.3, 0.4) is 0 Å². The molecule has 5 heteroatoms. The van der Waals surface area contributed by atoms with Crippen LogP contribution in [0.4, 0.5) is 0 Å². The zero-order valence-electron chi connectivity index (χ0n) is 9.95. The first kappa shape index (κ1) is 11.8. The van der Waals surface area contributed by atoms with Crippen LogP contribution < -0.4 is 5.32 Å². The highest BCUT2D eigenvalue weighted by atomic mass is 16.5. The number of ether oxygens (including phenoxy) is 1. The number of amides is 1. The Morgan fingerprint density at radius 2 is 2.06 bits per heavy atom. The molecule has 1 amide bonds. The quantitative estimate of drug-likeness (QED) is 0.679. The second kappa shape index (κ2) is 5.61. The van der Waals surface area contributed by atoms with Crippen molar-refractivity contribution in [2.24, 2.45) is 0 Å². The Labute approximate surface area is 96.7 Å². The number of likely N-dealkylation sites (tertiary alicyclic amines) is 1. The molecule has 2 aliphatic heterocycles. The lowest BCUT2D eigenvalue weighted by molar-refractivity contribution is -0.143. The first-order valence-corrected chi connectivity index (χ1v) is 6.11. The van der Waals surface area contributed by atoms with Gasteiger partial charge >= 0.3 is 0 Å². The molecule has 5 nitrogen and oxygen atoms in total. The van der Waals surface area contributed by atoms with Crippen LogP contribution in [-0.2, 0) is 9.53 Å². The van der Waals surface area contributed by atoms with Gasteiger partial charge in [-0.05, 0) is 6.92 Å². The lowest BCUT2D eigenvalue weighted by Gasteiger charge is -2.46. The summed E-state index contributed by atoms with van der Waals surface area (Å²) in [5.74, 6) is 0.133. The van der Waals surface area contributed by atoms with Crippen molar-refractivity contribution in [1.29, 1.82) is 0 Å². The van der Waals surface area contributed by atoms with Crippen molar-refractivity contribution in [2.45, 2.75) is 13.0 Å². The fourth-order valence-corrected chi connectivity index (χ4v) is 2.22. The SMILES string of the molecule is CCOCC(=O)N1CC(N2CCNCC2)C1. The van der Waals surface area contributed by atoms with Crippen LogP contribution in [0.25, 0.3) is 0 Å². The Morgan fingerprint density at radius 1 is 1.38 bits per heavy atom. The maximum absolute atomic E-state index is 11.6. The molecule has 2 rings (SSSR count). The molecule has 0 radical (unpaired) electrons. The summed E-state index contributed by atoms with van der Waals surface area (Å²) >= 11 is 0. The van der Waals surface area contributed by atoms with E-state index in [0.29, 0.717) is 12.6 Å². The van der Waals surface area contributed by atoms with E-state index >= 15 is 0 Å². The smallest absolute Gasteiger partial charge is 0.248 e. The number of rotatable bonds is 4. The molecule has 92 valence electrons. The molecule has 0 aromatic rings. The van der Waals surface area contributed by atoms with Crippen molar-refractivity contribution in [3.05, 3.63) is 0 Å². The summed E-state index contributed by atoms with van der Waals surface area (Å²) < 4.78 is 5.12. The van der Waals surface area contributed by atoms with Gasteiger partial charge in [-0.1, -0.05) is 0 Å². The minimum Gasteiger partial charge on any atom is -0.372 e. The number of hydrogen-bond donors (Lipinski definition) is 1. The van der Waals surface area contributed by atoms with Gasteiger partial charge in [0.15, 0.2) is 0 Å². The number of hydrogen-bond acceptors (Lipinski definition) is 4. The number of nitrogens with one attached hydrogen (secondary N) is 1. The fraction of sp³-hybridized carbons (Fsp3) is 0.909. The molecule has 0 unspecified atom stereocenters. The standard InChI is InChI=1S/C11H21N3O2/c1-2-16-9-11(15)14-7-10(8-14)13-5-3-12-4-6-13/h10,12H,2-9H2,1H3. The molecule has 2 heterocycles. The second-order valence-corrected chi connectivity index (χ2v) is 4.38.